The maximum atomic E-state index is 12.3. The number of hydrogen-bond donors (Lipinski definition) is 3. The summed E-state index contributed by atoms with van der Waals surface area (Å²) in [7, 11) is 0. The molecule has 25 heavy (non-hydrogen) atoms. The number of rotatable bonds is 5. The zero-order valence-electron chi connectivity index (χ0n) is 13.7. The van der Waals surface area contributed by atoms with E-state index in [1.54, 1.807) is 4.90 Å². The van der Waals surface area contributed by atoms with Crippen LogP contribution in [0.25, 0.3) is 0 Å². The van der Waals surface area contributed by atoms with Crippen molar-refractivity contribution in [1.29, 1.82) is 0 Å². The molecule has 0 unspecified atom stereocenters. The molecule has 1 aromatic heterocycles. The van der Waals surface area contributed by atoms with Crippen LogP contribution in [0.15, 0.2) is 4.42 Å². The van der Waals surface area contributed by atoms with Crippen LogP contribution in [-0.2, 0) is 11.2 Å². The van der Waals surface area contributed by atoms with Crippen LogP contribution in [0.5, 0.6) is 0 Å². The number of piperidine rings is 1. The Balaban J connectivity index is 0.000000970. The highest BCUT2D eigenvalue weighted by Gasteiger charge is 2.43. The molecular formula is C14H22F3N3O5. The number of anilines is 1. The summed E-state index contributed by atoms with van der Waals surface area (Å²) in [6.07, 6.45) is -4.57. The van der Waals surface area contributed by atoms with E-state index in [1.165, 1.54) is 0 Å². The number of aromatic nitrogens is 2. The first-order valence-corrected chi connectivity index (χ1v) is 7.72. The van der Waals surface area contributed by atoms with Crippen LogP contribution in [0.2, 0.25) is 0 Å². The monoisotopic (exact) mass is 369 g/mol. The summed E-state index contributed by atoms with van der Waals surface area (Å²) in [5, 5.41) is 33.8. The highest BCUT2D eigenvalue weighted by Crippen LogP contribution is 2.36. The van der Waals surface area contributed by atoms with Gasteiger partial charge in [0.05, 0.1) is 12.7 Å². The fraction of sp³-hybridized carbons (Fsp3) is 0.786. The van der Waals surface area contributed by atoms with E-state index in [1.807, 2.05) is 6.92 Å². The third kappa shape index (κ3) is 5.85. The van der Waals surface area contributed by atoms with Gasteiger partial charge in [-0.05, 0) is 12.8 Å². The Bertz CT molecular complexity index is 540. The fourth-order valence-electron chi connectivity index (χ4n) is 2.91. The lowest BCUT2D eigenvalue weighted by Crippen LogP contribution is -2.54. The van der Waals surface area contributed by atoms with Gasteiger partial charge in [0.25, 0.3) is 6.47 Å². The maximum absolute atomic E-state index is 12.3. The summed E-state index contributed by atoms with van der Waals surface area (Å²) < 4.78 is 42.0. The molecule has 2 rings (SSSR count). The second-order valence-electron chi connectivity index (χ2n) is 5.87. The van der Waals surface area contributed by atoms with E-state index >= 15 is 0 Å². The second kappa shape index (κ2) is 8.99. The Morgan fingerprint density at radius 2 is 2.08 bits per heavy atom. The predicted octanol–water partition coefficient (Wildman–Crippen LogP) is 1.22. The summed E-state index contributed by atoms with van der Waals surface area (Å²) >= 11 is 0. The molecule has 8 nitrogen and oxygen atoms in total. The Labute approximate surface area is 142 Å². The van der Waals surface area contributed by atoms with Crippen molar-refractivity contribution in [2.45, 2.75) is 44.9 Å². The minimum Gasteiger partial charge on any atom is -0.483 e. The Morgan fingerprint density at radius 3 is 2.60 bits per heavy atom. The van der Waals surface area contributed by atoms with Crippen molar-refractivity contribution < 1.29 is 37.7 Å². The zero-order valence-corrected chi connectivity index (χ0v) is 13.7. The number of aliphatic hydroxyl groups excluding tert-OH is 2. The molecule has 0 aliphatic carbocycles. The Hall–Kier alpha value is -1.88. The lowest BCUT2D eigenvalue weighted by molar-refractivity contribution is -0.130. The van der Waals surface area contributed by atoms with Gasteiger partial charge in [-0.3, -0.25) is 4.79 Å². The number of halogens is 3. The number of aliphatic hydroxyl groups is 2. The molecule has 0 saturated carbocycles. The molecule has 1 aromatic rings. The zero-order chi connectivity index (χ0) is 19.1. The molecule has 144 valence electrons. The van der Waals surface area contributed by atoms with Crippen molar-refractivity contribution in [2.24, 2.45) is 5.41 Å². The van der Waals surface area contributed by atoms with E-state index in [-0.39, 0.29) is 25.6 Å². The molecule has 0 bridgehead atoms. The largest absolute Gasteiger partial charge is 0.483 e. The van der Waals surface area contributed by atoms with E-state index in [9.17, 15) is 23.4 Å². The van der Waals surface area contributed by atoms with Crippen LogP contribution in [0.3, 0.4) is 0 Å². The Kier molecular flexibility index (Phi) is 7.61. The smallest absolute Gasteiger partial charge is 0.397 e. The van der Waals surface area contributed by atoms with Crippen molar-refractivity contribution in [3.63, 3.8) is 0 Å². The third-order valence-corrected chi connectivity index (χ3v) is 4.03. The van der Waals surface area contributed by atoms with Gasteiger partial charge in [-0.15, -0.1) is 5.10 Å². The van der Waals surface area contributed by atoms with Gasteiger partial charge in [0.1, 0.15) is 6.42 Å². The molecule has 2 heterocycles. The minimum atomic E-state index is -4.40. The predicted molar refractivity (Wildman–Crippen MR) is 80.0 cm³/mol. The molecule has 1 saturated heterocycles. The standard InChI is InChI=1S/C13H20F3N3O3.CH2O2/c1-2-4-12(8-20)7-19(5-3-9(12)21)11-18-17-10(22-11)6-13(14,15)16;2-1-3/h9,20-21H,2-8H2,1H3;1H,(H,2,3)/t9-,12-;/m0./s1. The normalized spacial score (nSPS) is 23.8. The second-order valence-corrected chi connectivity index (χ2v) is 5.87. The summed E-state index contributed by atoms with van der Waals surface area (Å²) in [4.78, 5) is 9.99. The van der Waals surface area contributed by atoms with Gasteiger partial charge in [-0.25, -0.2) is 0 Å². The number of nitrogens with zero attached hydrogens (tertiary/aromatic N) is 3. The molecule has 0 amide bonds. The molecule has 3 N–H and O–H groups in total. The van der Waals surface area contributed by atoms with E-state index in [2.05, 4.69) is 10.2 Å². The Morgan fingerprint density at radius 1 is 1.44 bits per heavy atom. The molecule has 1 fully saturated rings. The molecule has 0 spiro atoms. The van der Waals surface area contributed by atoms with Crippen molar-refractivity contribution in [1.82, 2.24) is 10.2 Å². The molecule has 2 atom stereocenters. The highest BCUT2D eigenvalue weighted by atomic mass is 19.4. The molecule has 1 aliphatic rings. The number of hydrogen-bond acceptors (Lipinski definition) is 7. The molecule has 0 radical (unpaired) electrons. The van der Waals surface area contributed by atoms with Gasteiger partial charge in [-0.1, -0.05) is 18.4 Å². The van der Waals surface area contributed by atoms with E-state index < -0.39 is 30.0 Å². The quantitative estimate of drug-likeness (QED) is 0.663. The first-order valence-electron chi connectivity index (χ1n) is 7.72. The summed E-state index contributed by atoms with van der Waals surface area (Å²) in [6, 6.07) is 0.0000723. The fourth-order valence-corrected chi connectivity index (χ4v) is 2.91. The maximum Gasteiger partial charge on any atom is 0.397 e. The van der Waals surface area contributed by atoms with E-state index in [0.717, 1.165) is 6.42 Å². The van der Waals surface area contributed by atoms with Gasteiger partial charge >= 0.3 is 12.2 Å². The molecule has 1 aliphatic heterocycles. The van der Waals surface area contributed by atoms with Crippen molar-refractivity contribution in [3.8, 4) is 0 Å². The van der Waals surface area contributed by atoms with Gasteiger partial charge in [0.2, 0.25) is 5.89 Å². The van der Waals surface area contributed by atoms with Crippen LogP contribution >= 0.6 is 0 Å². The van der Waals surface area contributed by atoms with Crippen molar-refractivity contribution in [2.75, 3.05) is 24.6 Å². The van der Waals surface area contributed by atoms with E-state index in [0.29, 0.717) is 19.4 Å². The summed E-state index contributed by atoms with van der Waals surface area (Å²) in [5.74, 6) is -0.487. The van der Waals surface area contributed by atoms with Gasteiger partial charge in [0.15, 0.2) is 0 Å². The highest BCUT2D eigenvalue weighted by molar-refractivity contribution is 5.32. The average Bonchev–Trinajstić information content (AvgIpc) is 2.97. The number of carbonyl (C=O) groups is 1. The van der Waals surface area contributed by atoms with Gasteiger partial charge in [-0.2, -0.15) is 13.2 Å². The number of alkyl halides is 3. The van der Waals surface area contributed by atoms with E-state index in [4.69, 9.17) is 14.3 Å². The topological polar surface area (TPSA) is 120 Å². The van der Waals surface area contributed by atoms with Gasteiger partial charge < -0.3 is 24.6 Å². The van der Waals surface area contributed by atoms with Crippen LogP contribution < -0.4 is 4.90 Å². The molecule has 0 aromatic carbocycles. The first kappa shape index (κ1) is 21.2. The lowest BCUT2D eigenvalue weighted by Gasteiger charge is -2.44. The minimum absolute atomic E-state index is 0.0000723. The van der Waals surface area contributed by atoms with Gasteiger partial charge in [0, 0.05) is 18.5 Å². The van der Waals surface area contributed by atoms with Crippen LogP contribution in [0.1, 0.15) is 32.1 Å². The first-order chi connectivity index (χ1) is 11.7. The lowest BCUT2D eigenvalue weighted by atomic mass is 9.74. The molecule has 11 heteroatoms. The summed E-state index contributed by atoms with van der Waals surface area (Å²) in [5.41, 5.74) is -0.717. The van der Waals surface area contributed by atoms with Crippen LogP contribution in [0.4, 0.5) is 19.2 Å². The van der Waals surface area contributed by atoms with Crippen molar-refractivity contribution >= 4 is 12.5 Å². The summed E-state index contributed by atoms with van der Waals surface area (Å²) in [6.45, 7) is 2.14. The SMILES string of the molecule is CCC[C@@]1(CO)CN(c2nnc(CC(F)(F)F)o2)CC[C@@H]1O.O=CO. The number of carboxylic acid groups (broad SMARTS) is 1. The average molecular weight is 369 g/mol. The third-order valence-electron chi connectivity index (χ3n) is 4.03. The van der Waals surface area contributed by atoms with Crippen LogP contribution in [-0.4, -0.2) is 64.0 Å². The van der Waals surface area contributed by atoms with Crippen LogP contribution in [0, 0.1) is 5.41 Å². The molecular weight excluding hydrogens is 347 g/mol. The van der Waals surface area contributed by atoms with Crippen molar-refractivity contribution in [3.05, 3.63) is 5.89 Å².